The van der Waals surface area contributed by atoms with Crippen molar-refractivity contribution < 1.29 is 53.4 Å². The molecule has 11 heteroatoms. The Balaban J connectivity index is 3.45. The molecule has 1 atom stereocenters. The molecule has 0 aromatic rings. The minimum atomic E-state index is -1.10. The number of hydrogen-bond donors (Lipinski definition) is 2. The average molecular weight is 380 g/mol. The van der Waals surface area contributed by atoms with Gasteiger partial charge in [0, 0.05) is 0 Å². The molecule has 0 aliphatic heterocycles. The number of carboxylic acids is 2. The summed E-state index contributed by atoms with van der Waals surface area (Å²) in [6.07, 6.45) is -1.36. The van der Waals surface area contributed by atoms with Crippen molar-refractivity contribution in [1.29, 1.82) is 0 Å². The highest BCUT2D eigenvalue weighted by Crippen LogP contribution is 1.97. The fourth-order valence-electron chi connectivity index (χ4n) is 1.43. The van der Waals surface area contributed by atoms with Crippen molar-refractivity contribution in [2.75, 3.05) is 33.0 Å². The topological polar surface area (TPSA) is 155 Å². The van der Waals surface area contributed by atoms with E-state index in [9.17, 15) is 19.2 Å². The Morgan fingerprint density at radius 3 is 2.04 bits per heavy atom. The maximum absolute atomic E-state index is 11.1. The first kappa shape index (κ1) is 23.8. The minimum Gasteiger partial charge on any atom is -0.481 e. The van der Waals surface area contributed by atoms with Gasteiger partial charge in [0.15, 0.2) is 0 Å². The van der Waals surface area contributed by atoms with E-state index in [0.717, 1.165) is 0 Å². The van der Waals surface area contributed by atoms with Crippen LogP contribution in [0.4, 0.5) is 0 Å². The lowest BCUT2D eigenvalue weighted by molar-refractivity contribution is -0.277. The molecule has 150 valence electrons. The third kappa shape index (κ3) is 16.6. The predicted octanol–water partition coefficient (Wildman–Crippen LogP) is 0.156. The van der Waals surface area contributed by atoms with Gasteiger partial charge < -0.3 is 24.4 Å². The van der Waals surface area contributed by atoms with Crippen molar-refractivity contribution in [2.45, 2.75) is 38.7 Å². The third-order valence-corrected chi connectivity index (χ3v) is 2.65. The SMILES string of the molecule is CC(COCCOOC(=O)CCC(=O)O)OCCOC(=O)CCC(=O)O. The quantitative estimate of drug-likeness (QED) is 0.163. The van der Waals surface area contributed by atoms with Crippen LogP contribution in [-0.2, 0) is 43.2 Å². The summed E-state index contributed by atoms with van der Waals surface area (Å²) in [6, 6.07) is 0. The van der Waals surface area contributed by atoms with Gasteiger partial charge >= 0.3 is 23.9 Å². The summed E-state index contributed by atoms with van der Waals surface area (Å²) in [7, 11) is 0. The van der Waals surface area contributed by atoms with E-state index in [1.807, 2.05) is 0 Å². The van der Waals surface area contributed by atoms with E-state index >= 15 is 0 Å². The molecule has 26 heavy (non-hydrogen) atoms. The maximum Gasteiger partial charge on any atom is 0.342 e. The van der Waals surface area contributed by atoms with Crippen LogP contribution in [0.3, 0.4) is 0 Å². The van der Waals surface area contributed by atoms with E-state index in [2.05, 4.69) is 9.78 Å². The van der Waals surface area contributed by atoms with Crippen LogP contribution in [0.15, 0.2) is 0 Å². The standard InChI is InChI=1S/C15H24O11/c1-11(23-7-8-24-14(20)4-2-12(16)17)10-22-6-9-25-26-15(21)5-3-13(18)19/h11H,2-10H2,1H3,(H,16,17)(H,18,19). The summed E-state index contributed by atoms with van der Waals surface area (Å²) < 4.78 is 15.3. The third-order valence-electron chi connectivity index (χ3n) is 2.65. The highest BCUT2D eigenvalue weighted by Gasteiger charge is 2.09. The van der Waals surface area contributed by atoms with Gasteiger partial charge in [-0.1, -0.05) is 0 Å². The maximum atomic E-state index is 11.1. The molecule has 0 amide bonds. The van der Waals surface area contributed by atoms with E-state index in [-0.39, 0.29) is 64.8 Å². The Morgan fingerprint density at radius 1 is 0.808 bits per heavy atom. The largest absolute Gasteiger partial charge is 0.481 e. The monoisotopic (exact) mass is 380 g/mol. The zero-order valence-corrected chi connectivity index (χ0v) is 14.5. The van der Waals surface area contributed by atoms with Crippen LogP contribution in [0, 0.1) is 0 Å². The number of aliphatic carboxylic acids is 2. The molecule has 0 radical (unpaired) electrons. The average Bonchev–Trinajstić information content (AvgIpc) is 2.58. The number of carbonyl (C=O) groups excluding carboxylic acids is 2. The van der Waals surface area contributed by atoms with Gasteiger partial charge in [-0.3, -0.25) is 19.3 Å². The van der Waals surface area contributed by atoms with Crippen LogP contribution in [0.25, 0.3) is 0 Å². The summed E-state index contributed by atoms with van der Waals surface area (Å²) >= 11 is 0. The summed E-state index contributed by atoms with van der Waals surface area (Å²) in [4.78, 5) is 51.6. The summed E-state index contributed by atoms with van der Waals surface area (Å²) in [5.74, 6) is -3.55. The molecular formula is C15H24O11. The molecule has 0 heterocycles. The second-order valence-electron chi connectivity index (χ2n) is 5.04. The Labute approximate surface area is 150 Å². The molecule has 0 spiro atoms. The summed E-state index contributed by atoms with van der Waals surface area (Å²) in [5.41, 5.74) is 0. The first-order valence-corrected chi connectivity index (χ1v) is 7.92. The van der Waals surface area contributed by atoms with Crippen molar-refractivity contribution in [3.05, 3.63) is 0 Å². The van der Waals surface area contributed by atoms with Gasteiger partial charge in [-0.05, 0) is 6.92 Å². The number of carboxylic acid groups (broad SMARTS) is 2. The Morgan fingerprint density at radius 2 is 1.42 bits per heavy atom. The smallest absolute Gasteiger partial charge is 0.342 e. The Hall–Kier alpha value is -2.24. The van der Waals surface area contributed by atoms with E-state index < -0.39 is 23.9 Å². The van der Waals surface area contributed by atoms with Crippen LogP contribution < -0.4 is 0 Å². The van der Waals surface area contributed by atoms with Crippen molar-refractivity contribution in [3.8, 4) is 0 Å². The van der Waals surface area contributed by atoms with E-state index in [0.29, 0.717) is 0 Å². The van der Waals surface area contributed by atoms with Gasteiger partial charge in [0.05, 0.1) is 51.6 Å². The Kier molecular flexibility index (Phi) is 13.8. The second kappa shape index (κ2) is 15.0. The van der Waals surface area contributed by atoms with Crippen LogP contribution in [0.2, 0.25) is 0 Å². The zero-order valence-electron chi connectivity index (χ0n) is 14.5. The first-order chi connectivity index (χ1) is 12.3. The van der Waals surface area contributed by atoms with Gasteiger partial charge in [0.2, 0.25) is 0 Å². The molecule has 0 rings (SSSR count). The first-order valence-electron chi connectivity index (χ1n) is 7.92. The van der Waals surface area contributed by atoms with Gasteiger partial charge in [-0.2, -0.15) is 4.89 Å². The molecule has 0 bridgehead atoms. The van der Waals surface area contributed by atoms with Crippen LogP contribution in [-0.4, -0.2) is 73.2 Å². The van der Waals surface area contributed by atoms with E-state index in [1.54, 1.807) is 6.92 Å². The van der Waals surface area contributed by atoms with Crippen molar-refractivity contribution in [2.24, 2.45) is 0 Å². The zero-order chi connectivity index (χ0) is 19.8. The van der Waals surface area contributed by atoms with Gasteiger partial charge in [-0.25, -0.2) is 4.79 Å². The van der Waals surface area contributed by atoms with E-state index in [4.69, 9.17) is 24.4 Å². The lowest BCUT2D eigenvalue weighted by atomic mass is 10.3. The molecule has 0 fully saturated rings. The Bertz CT molecular complexity index is 449. The molecule has 0 aliphatic rings. The molecule has 0 aliphatic carbocycles. The number of esters is 1. The molecule has 11 nitrogen and oxygen atoms in total. The van der Waals surface area contributed by atoms with Crippen molar-refractivity contribution >= 4 is 23.9 Å². The van der Waals surface area contributed by atoms with Crippen LogP contribution in [0.5, 0.6) is 0 Å². The van der Waals surface area contributed by atoms with Crippen LogP contribution >= 0.6 is 0 Å². The van der Waals surface area contributed by atoms with Crippen molar-refractivity contribution in [1.82, 2.24) is 0 Å². The molecule has 0 aromatic heterocycles. The van der Waals surface area contributed by atoms with Gasteiger partial charge in [0.25, 0.3) is 0 Å². The lowest BCUT2D eigenvalue weighted by Gasteiger charge is -2.13. The summed E-state index contributed by atoms with van der Waals surface area (Å²) in [6.45, 7) is 2.22. The number of rotatable bonds is 16. The predicted molar refractivity (Wildman–Crippen MR) is 83.0 cm³/mol. The molecule has 0 saturated carbocycles. The van der Waals surface area contributed by atoms with Gasteiger partial charge in [0.1, 0.15) is 13.2 Å². The minimum absolute atomic E-state index is 0.0121. The normalized spacial score (nSPS) is 11.6. The van der Waals surface area contributed by atoms with Gasteiger partial charge in [-0.15, -0.1) is 0 Å². The molecule has 0 aromatic carbocycles. The fourth-order valence-corrected chi connectivity index (χ4v) is 1.43. The number of carbonyl (C=O) groups is 4. The van der Waals surface area contributed by atoms with Crippen LogP contribution in [0.1, 0.15) is 32.6 Å². The second-order valence-corrected chi connectivity index (χ2v) is 5.04. The fraction of sp³-hybridized carbons (Fsp3) is 0.733. The molecular weight excluding hydrogens is 356 g/mol. The summed E-state index contributed by atoms with van der Waals surface area (Å²) in [5, 5.41) is 16.8. The molecule has 0 saturated heterocycles. The number of ether oxygens (including phenoxy) is 3. The lowest BCUT2D eigenvalue weighted by Crippen LogP contribution is -2.21. The molecule has 1 unspecified atom stereocenters. The highest BCUT2D eigenvalue weighted by atomic mass is 17.2. The molecule has 2 N–H and O–H groups in total. The van der Waals surface area contributed by atoms with E-state index in [1.165, 1.54) is 0 Å². The van der Waals surface area contributed by atoms with Crippen molar-refractivity contribution in [3.63, 3.8) is 0 Å². The highest BCUT2D eigenvalue weighted by molar-refractivity contribution is 5.76. The number of hydrogen-bond acceptors (Lipinski definition) is 9.